The first-order valence-electron chi connectivity index (χ1n) is 13.4. The lowest BCUT2D eigenvalue weighted by Crippen LogP contribution is -2.41. The van der Waals surface area contributed by atoms with Gasteiger partial charge in [-0.05, 0) is 66.6 Å². The number of amides is 1. The number of carbonyl (C=O) groups is 4. The second kappa shape index (κ2) is 12.9. The summed E-state index contributed by atoms with van der Waals surface area (Å²) < 4.78 is 35.5. The zero-order valence-corrected chi connectivity index (χ0v) is 24.8. The number of aromatic nitrogens is 2. The average Bonchev–Trinajstić information content (AvgIpc) is 3.62. The third-order valence-corrected chi connectivity index (χ3v) is 7.38. The molecule has 13 heteroatoms. The number of hydrogen-bond acceptors (Lipinski definition) is 12. The zero-order valence-electron chi connectivity index (χ0n) is 23.9. The van der Waals surface area contributed by atoms with Gasteiger partial charge in [-0.1, -0.05) is 18.2 Å². The third-order valence-electron chi connectivity index (χ3n) is 6.83. The Hall–Kier alpha value is -5.30. The van der Waals surface area contributed by atoms with Gasteiger partial charge >= 0.3 is 29.8 Å². The summed E-state index contributed by atoms with van der Waals surface area (Å²) in [5, 5.41) is 2.37. The molecule has 12 nitrogen and oxygen atoms in total. The molecule has 0 saturated carbocycles. The van der Waals surface area contributed by atoms with Crippen LogP contribution in [-0.4, -0.2) is 60.1 Å². The third kappa shape index (κ3) is 6.08. The normalized spacial score (nSPS) is 15.9. The molecular weight excluding hydrogens is 590 g/mol. The number of methoxy groups -OCH3 is 2. The van der Waals surface area contributed by atoms with Crippen LogP contribution in [0.2, 0.25) is 0 Å². The fourth-order valence-electron chi connectivity index (χ4n) is 4.75. The highest BCUT2D eigenvalue weighted by atomic mass is 32.1. The van der Waals surface area contributed by atoms with Crippen molar-refractivity contribution in [2.75, 3.05) is 27.4 Å². The molecule has 226 valence electrons. The molecule has 0 saturated heterocycles. The molecule has 0 aliphatic carbocycles. The number of esters is 3. The number of alkyl carbamates (subject to hydrolysis) is 1. The zero-order chi connectivity index (χ0) is 31.3. The van der Waals surface area contributed by atoms with Gasteiger partial charge in [-0.25, -0.2) is 14.4 Å². The van der Waals surface area contributed by atoms with Gasteiger partial charge in [-0.15, -0.1) is 0 Å². The Balaban J connectivity index is 1.66. The summed E-state index contributed by atoms with van der Waals surface area (Å²) in [5.74, 6) is -3.45. The summed E-state index contributed by atoms with van der Waals surface area (Å²) in [4.78, 5) is 51.0. The summed E-state index contributed by atoms with van der Waals surface area (Å²) >= 11 is 1.04. The Morgan fingerprint density at radius 2 is 1.68 bits per heavy atom. The van der Waals surface area contributed by atoms with Crippen LogP contribution >= 0.6 is 11.7 Å². The molecule has 0 spiro atoms. The first-order valence-corrected chi connectivity index (χ1v) is 14.1. The van der Waals surface area contributed by atoms with Crippen LogP contribution in [-0.2, 0) is 40.7 Å². The fourth-order valence-corrected chi connectivity index (χ4v) is 5.27. The van der Waals surface area contributed by atoms with Gasteiger partial charge in [0.05, 0.1) is 43.7 Å². The maximum Gasteiger partial charge on any atom is 0.411 e. The van der Waals surface area contributed by atoms with Crippen molar-refractivity contribution in [3.8, 4) is 5.75 Å². The van der Waals surface area contributed by atoms with E-state index in [9.17, 15) is 19.2 Å². The van der Waals surface area contributed by atoms with Gasteiger partial charge in [-0.2, -0.15) is 8.75 Å². The van der Waals surface area contributed by atoms with Crippen LogP contribution in [0.15, 0.2) is 72.3 Å². The van der Waals surface area contributed by atoms with E-state index in [1.54, 1.807) is 73.7 Å². The molecule has 2 heterocycles. The van der Waals surface area contributed by atoms with Crippen molar-refractivity contribution in [3.05, 3.63) is 94.6 Å². The maximum absolute atomic E-state index is 13.8. The van der Waals surface area contributed by atoms with Crippen molar-refractivity contribution >= 4 is 52.3 Å². The van der Waals surface area contributed by atoms with E-state index in [2.05, 4.69) is 14.1 Å². The SMILES string of the molecule is CCOC(=O)CNC(=O)OC1(c2ccc(OC)cc2)OC(=O)C(c2ccc3nsnc3c2)=C1Cc1ccc(C(=O)OC)cc1. The van der Waals surface area contributed by atoms with Gasteiger partial charge < -0.3 is 29.0 Å². The largest absolute Gasteiger partial charge is 0.497 e. The highest BCUT2D eigenvalue weighted by Gasteiger charge is 2.53. The van der Waals surface area contributed by atoms with Crippen LogP contribution in [0.25, 0.3) is 16.6 Å². The molecule has 0 radical (unpaired) electrons. The molecule has 1 atom stereocenters. The number of nitrogens with one attached hydrogen (secondary N) is 1. The van der Waals surface area contributed by atoms with E-state index in [0.29, 0.717) is 44.6 Å². The number of ether oxygens (including phenoxy) is 5. The highest BCUT2D eigenvalue weighted by molar-refractivity contribution is 7.00. The molecule has 0 fully saturated rings. The number of benzene rings is 3. The van der Waals surface area contributed by atoms with Crippen LogP contribution in [0.5, 0.6) is 5.75 Å². The van der Waals surface area contributed by atoms with E-state index in [0.717, 1.165) is 11.7 Å². The molecule has 1 aromatic heterocycles. The maximum atomic E-state index is 13.8. The standard InChI is InChI=1S/C31H27N3O9S/c1-4-41-26(35)17-32-30(38)43-31(21-10-12-22(39-2)13-11-21)23(15-18-5-7-19(8-6-18)28(36)40-3)27(29(37)42-31)20-9-14-24-25(16-20)34-44-33-24/h5-14,16H,4,15,17H2,1-3H3,(H,32,38). The monoisotopic (exact) mass is 617 g/mol. The molecule has 1 unspecified atom stereocenters. The molecule has 1 aliphatic heterocycles. The summed E-state index contributed by atoms with van der Waals surface area (Å²) in [5.41, 5.74) is 3.48. The lowest BCUT2D eigenvalue weighted by molar-refractivity contribution is -0.185. The summed E-state index contributed by atoms with van der Waals surface area (Å²) in [7, 11) is 2.79. The smallest absolute Gasteiger partial charge is 0.411 e. The van der Waals surface area contributed by atoms with Gasteiger partial charge in [0, 0.05) is 17.6 Å². The lowest BCUT2D eigenvalue weighted by atomic mass is 9.87. The molecule has 1 amide bonds. The van der Waals surface area contributed by atoms with Crippen LogP contribution in [0, 0.1) is 0 Å². The Morgan fingerprint density at radius 1 is 0.955 bits per heavy atom. The number of fused-ring (bicyclic) bond motifs is 1. The Bertz CT molecular complexity index is 1750. The van der Waals surface area contributed by atoms with Crippen molar-refractivity contribution in [2.45, 2.75) is 19.1 Å². The second-order valence-corrected chi connectivity index (χ2v) is 10.00. The lowest BCUT2D eigenvalue weighted by Gasteiger charge is -2.31. The Labute approximate surface area is 255 Å². The minimum Gasteiger partial charge on any atom is -0.497 e. The molecule has 0 bridgehead atoms. The summed E-state index contributed by atoms with van der Waals surface area (Å²) in [6, 6.07) is 18.2. The van der Waals surface area contributed by atoms with Crippen molar-refractivity contribution in [3.63, 3.8) is 0 Å². The molecule has 1 aliphatic rings. The Kier molecular flexibility index (Phi) is 8.86. The first kappa shape index (κ1) is 30.2. The first-order chi connectivity index (χ1) is 21.3. The van der Waals surface area contributed by atoms with Gasteiger partial charge in [-0.3, -0.25) is 4.79 Å². The van der Waals surface area contributed by atoms with E-state index in [1.807, 2.05) is 0 Å². The number of carbonyl (C=O) groups excluding carboxylic acids is 4. The van der Waals surface area contributed by atoms with E-state index in [1.165, 1.54) is 14.2 Å². The number of nitrogens with zero attached hydrogens (tertiary/aromatic N) is 2. The predicted octanol–water partition coefficient (Wildman–Crippen LogP) is 4.18. The van der Waals surface area contributed by atoms with Crippen molar-refractivity contribution in [1.29, 1.82) is 0 Å². The highest BCUT2D eigenvalue weighted by Crippen LogP contribution is 2.48. The topological polar surface area (TPSA) is 152 Å². The van der Waals surface area contributed by atoms with E-state index in [-0.39, 0.29) is 18.6 Å². The second-order valence-electron chi connectivity index (χ2n) is 9.47. The predicted molar refractivity (Wildman–Crippen MR) is 158 cm³/mol. The fraction of sp³-hybridized carbons (Fsp3) is 0.226. The van der Waals surface area contributed by atoms with Crippen LogP contribution < -0.4 is 10.1 Å². The molecule has 5 rings (SSSR count). The minimum absolute atomic E-state index is 0.0626. The molecule has 4 aromatic rings. The summed E-state index contributed by atoms with van der Waals surface area (Å²) in [6.07, 6.45) is -0.965. The van der Waals surface area contributed by atoms with Gasteiger partial charge in [0.2, 0.25) is 0 Å². The van der Waals surface area contributed by atoms with Crippen LogP contribution in [0.4, 0.5) is 4.79 Å². The van der Waals surface area contributed by atoms with Crippen molar-refractivity contribution in [1.82, 2.24) is 14.1 Å². The molecule has 44 heavy (non-hydrogen) atoms. The molecule has 1 N–H and O–H groups in total. The van der Waals surface area contributed by atoms with E-state index in [4.69, 9.17) is 23.7 Å². The van der Waals surface area contributed by atoms with Crippen molar-refractivity contribution in [2.24, 2.45) is 0 Å². The molecule has 3 aromatic carbocycles. The average molecular weight is 618 g/mol. The Morgan fingerprint density at radius 3 is 2.36 bits per heavy atom. The van der Waals surface area contributed by atoms with Gasteiger partial charge in [0.1, 0.15) is 23.3 Å². The minimum atomic E-state index is -2.05. The van der Waals surface area contributed by atoms with E-state index < -0.39 is 36.3 Å². The van der Waals surface area contributed by atoms with Crippen LogP contribution in [0.3, 0.4) is 0 Å². The van der Waals surface area contributed by atoms with Crippen LogP contribution in [0.1, 0.15) is 34.0 Å². The van der Waals surface area contributed by atoms with Gasteiger partial charge in [0.25, 0.3) is 0 Å². The quantitative estimate of drug-likeness (QED) is 0.201. The van der Waals surface area contributed by atoms with E-state index >= 15 is 0 Å². The summed E-state index contributed by atoms with van der Waals surface area (Å²) in [6.45, 7) is 1.31. The number of hydrogen-bond donors (Lipinski definition) is 1. The molecular formula is C31H27N3O9S. The number of rotatable bonds is 10. The van der Waals surface area contributed by atoms with Gasteiger partial charge in [0.15, 0.2) is 0 Å². The number of cyclic esters (lactones) is 1. The van der Waals surface area contributed by atoms with Crippen molar-refractivity contribution < 1.29 is 42.9 Å².